The number of rotatable bonds is 4. The average molecular weight is 655 g/mol. The van der Waals surface area contributed by atoms with Gasteiger partial charge >= 0.3 is 0 Å². The molecule has 2 aromatic heterocycles. The number of hydrogen-bond donors (Lipinski definition) is 0. The highest BCUT2D eigenvalue weighted by Gasteiger charge is 2.22. The van der Waals surface area contributed by atoms with Crippen LogP contribution in [-0.4, -0.2) is 4.57 Å². The van der Waals surface area contributed by atoms with Crippen molar-refractivity contribution in [3.8, 4) is 22.3 Å². The highest BCUT2D eigenvalue weighted by Crippen LogP contribution is 2.45. The van der Waals surface area contributed by atoms with Crippen molar-refractivity contribution in [1.82, 2.24) is 4.57 Å². The molecule has 234 valence electrons. The first-order valence-electron chi connectivity index (χ1n) is 16.9. The Morgan fingerprint density at radius 3 is 2.16 bits per heavy atom. The molecule has 0 atom stereocenters. The molecule has 0 N–H and O–H groups in total. The molecule has 2 nitrogen and oxygen atoms in total. The number of aromatic nitrogens is 1. The summed E-state index contributed by atoms with van der Waals surface area (Å²) in [6.07, 6.45) is 14.7. The van der Waals surface area contributed by atoms with Gasteiger partial charge in [0, 0.05) is 54.5 Å². The van der Waals surface area contributed by atoms with Gasteiger partial charge in [0.05, 0.1) is 22.4 Å². The Hall–Kier alpha value is -6.38. The number of allylic oxidation sites excluding steroid dienone is 7. The van der Waals surface area contributed by atoms with Gasteiger partial charge in [-0.05, 0) is 88.5 Å². The first-order chi connectivity index (χ1) is 24.7. The Morgan fingerprint density at radius 2 is 1.32 bits per heavy atom. The number of thiophene rings is 1. The topological polar surface area (TPSA) is 8.17 Å². The van der Waals surface area contributed by atoms with Gasteiger partial charge in [0.15, 0.2) is 0 Å². The van der Waals surface area contributed by atoms with Crippen molar-refractivity contribution >= 4 is 76.0 Å². The molecular weight excluding hydrogens is 625 g/mol. The first-order valence-corrected chi connectivity index (χ1v) is 17.7. The lowest BCUT2D eigenvalue weighted by atomic mass is 9.98. The molecule has 0 radical (unpaired) electrons. The second-order valence-corrected chi connectivity index (χ2v) is 13.9. The Labute approximate surface area is 294 Å². The number of nitrogens with zero attached hydrogens (tertiary/aromatic N) is 2. The highest BCUT2D eigenvalue weighted by molar-refractivity contribution is 7.25. The molecule has 0 unspecified atom stereocenters. The van der Waals surface area contributed by atoms with Crippen molar-refractivity contribution in [2.24, 2.45) is 0 Å². The average Bonchev–Trinajstić information content (AvgIpc) is 3.89. The molecule has 0 fully saturated rings. The molecule has 2 aliphatic rings. The Bertz CT molecular complexity index is 2850. The van der Waals surface area contributed by atoms with E-state index in [1.54, 1.807) is 0 Å². The van der Waals surface area contributed by atoms with Crippen molar-refractivity contribution in [3.63, 3.8) is 0 Å². The summed E-state index contributed by atoms with van der Waals surface area (Å²) in [4.78, 5) is 2.30. The molecule has 8 aromatic rings. The van der Waals surface area contributed by atoms with Crippen LogP contribution in [0.15, 0.2) is 182 Å². The molecule has 6 aromatic carbocycles. The summed E-state index contributed by atoms with van der Waals surface area (Å²) >= 11 is 1.86. The number of benzene rings is 6. The van der Waals surface area contributed by atoms with Crippen LogP contribution in [0.5, 0.6) is 0 Å². The predicted molar refractivity (Wildman–Crippen MR) is 216 cm³/mol. The second kappa shape index (κ2) is 11.4. The molecule has 0 amide bonds. The molecule has 1 aliphatic carbocycles. The normalized spacial score (nSPS) is 15.2. The lowest BCUT2D eigenvalue weighted by Gasteiger charge is -2.26. The van der Waals surface area contributed by atoms with Crippen molar-refractivity contribution < 1.29 is 0 Å². The van der Waals surface area contributed by atoms with Crippen molar-refractivity contribution in [2.75, 3.05) is 4.90 Å². The van der Waals surface area contributed by atoms with E-state index in [4.69, 9.17) is 0 Å². The van der Waals surface area contributed by atoms with Crippen molar-refractivity contribution in [3.05, 3.63) is 188 Å². The van der Waals surface area contributed by atoms with E-state index in [2.05, 4.69) is 186 Å². The summed E-state index contributed by atoms with van der Waals surface area (Å²) in [5.41, 5.74) is 15.8. The third-order valence-electron chi connectivity index (χ3n) is 9.92. The first kappa shape index (κ1) is 28.6. The zero-order chi connectivity index (χ0) is 33.2. The lowest BCUT2D eigenvalue weighted by molar-refractivity contribution is 1.23. The van der Waals surface area contributed by atoms with Gasteiger partial charge in [-0.15, -0.1) is 17.1 Å². The Morgan fingerprint density at radius 1 is 0.580 bits per heavy atom. The third kappa shape index (κ3) is 4.57. The fraction of sp³-hybridized carbons (Fsp3) is 0. The SMILES string of the molecule is C=C1/C=C\C=C/N(c2cccc(-c3ccc(-c4ccccc4)cc3)c2)c2cc3c(cc21)c1cc2sc4ccccc4c2cc1n3C1=CC=C=C1. The van der Waals surface area contributed by atoms with E-state index < -0.39 is 0 Å². The Balaban J connectivity index is 1.16. The molecular formula is C47H30N2S. The van der Waals surface area contributed by atoms with Crippen LogP contribution in [0.4, 0.5) is 11.4 Å². The van der Waals surface area contributed by atoms with E-state index in [-0.39, 0.29) is 0 Å². The van der Waals surface area contributed by atoms with Gasteiger partial charge in [-0.25, -0.2) is 0 Å². The highest BCUT2D eigenvalue weighted by atomic mass is 32.1. The predicted octanol–water partition coefficient (Wildman–Crippen LogP) is 13.3. The summed E-state index contributed by atoms with van der Waals surface area (Å²) in [6, 6.07) is 46.4. The monoisotopic (exact) mass is 654 g/mol. The summed E-state index contributed by atoms with van der Waals surface area (Å²) in [6.45, 7) is 4.55. The zero-order valence-electron chi connectivity index (χ0n) is 27.2. The maximum absolute atomic E-state index is 4.55. The van der Waals surface area contributed by atoms with Gasteiger partial charge in [-0.1, -0.05) is 104 Å². The molecule has 0 saturated heterocycles. The molecule has 0 spiro atoms. The standard InChI is InChI=1S/C47H30N2S/c1-31-12-9-10-25-48(37-18-11-15-35(26-37)34-23-21-33(22-24-34)32-13-3-2-4-14-32)43-30-45-40(27-39(31)43)41-29-47-42(38-19-7-8-20-46(38)50-47)28-44(41)49(45)36-16-5-6-17-36/h2-5,7-30H,1H2/b12-9-,25-10-. The molecule has 0 bridgehead atoms. The molecule has 0 saturated carbocycles. The minimum atomic E-state index is 0.981. The van der Waals surface area contributed by atoms with Crippen LogP contribution in [-0.2, 0) is 0 Å². The van der Waals surface area contributed by atoms with Gasteiger partial charge in [-0.3, -0.25) is 0 Å². The lowest BCUT2D eigenvalue weighted by Crippen LogP contribution is -2.11. The van der Waals surface area contributed by atoms with Crippen molar-refractivity contribution in [2.45, 2.75) is 0 Å². The van der Waals surface area contributed by atoms with Crippen LogP contribution >= 0.6 is 11.3 Å². The van der Waals surface area contributed by atoms with Gasteiger partial charge in [0.1, 0.15) is 0 Å². The van der Waals surface area contributed by atoms with Crippen LogP contribution in [0.2, 0.25) is 0 Å². The summed E-state index contributed by atoms with van der Waals surface area (Å²) in [5, 5.41) is 5.05. The van der Waals surface area contributed by atoms with Gasteiger partial charge in [0.2, 0.25) is 0 Å². The van der Waals surface area contributed by atoms with E-state index >= 15 is 0 Å². The maximum atomic E-state index is 4.55. The van der Waals surface area contributed by atoms with Gasteiger partial charge in [0.25, 0.3) is 0 Å². The molecule has 10 rings (SSSR count). The van der Waals surface area contributed by atoms with Crippen LogP contribution < -0.4 is 4.90 Å². The number of anilines is 2. The van der Waals surface area contributed by atoms with Crippen LogP contribution in [0.3, 0.4) is 0 Å². The van der Waals surface area contributed by atoms with E-state index in [1.165, 1.54) is 58.7 Å². The minimum Gasteiger partial charge on any atom is -0.316 e. The zero-order valence-corrected chi connectivity index (χ0v) is 28.0. The summed E-state index contributed by atoms with van der Waals surface area (Å²) < 4.78 is 5.01. The quantitative estimate of drug-likeness (QED) is 0.171. The molecule has 50 heavy (non-hydrogen) atoms. The van der Waals surface area contributed by atoms with Crippen LogP contribution in [0.1, 0.15) is 5.56 Å². The fourth-order valence-electron chi connectivity index (χ4n) is 7.48. The van der Waals surface area contributed by atoms with Crippen LogP contribution in [0.25, 0.3) is 75.5 Å². The second-order valence-electron chi connectivity index (χ2n) is 12.8. The molecule has 3 heterocycles. The van der Waals surface area contributed by atoms with E-state index in [0.717, 1.165) is 33.7 Å². The van der Waals surface area contributed by atoms with Crippen LogP contribution in [0, 0.1) is 0 Å². The van der Waals surface area contributed by atoms with E-state index in [0.29, 0.717) is 0 Å². The largest absolute Gasteiger partial charge is 0.316 e. The smallest absolute Gasteiger partial charge is 0.0562 e. The number of fused-ring (bicyclic) bond motifs is 7. The maximum Gasteiger partial charge on any atom is 0.0562 e. The van der Waals surface area contributed by atoms with E-state index in [9.17, 15) is 0 Å². The summed E-state index contributed by atoms with van der Waals surface area (Å²) in [7, 11) is 0. The Kier molecular flexibility index (Phi) is 6.50. The van der Waals surface area contributed by atoms with Crippen molar-refractivity contribution in [1.29, 1.82) is 0 Å². The van der Waals surface area contributed by atoms with Gasteiger partial charge < -0.3 is 9.47 Å². The fourth-order valence-corrected chi connectivity index (χ4v) is 8.61. The summed E-state index contributed by atoms with van der Waals surface area (Å²) in [5.74, 6) is 0. The van der Waals surface area contributed by atoms with Gasteiger partial charge in [-0.2, -0.15) is 0 Å². The van der Waals surface area contributed by atoms with E-state index in [1.807, 2.05) is 17.4 Å². The minimum absolute atomic E-state index is 0.981. The number of hydrogen-bond acceptors (Lipinski definition) is 2. The molecule has 3 heteroatoms. The molecule has 1 aliphatic heterocycles. The third-order valence-corrected chi connectivity index (χ3v) is 11.1.